The molecule has 0 bridgehead atoms. The smallest absolute Gasteiger partial charge is 0.410 e. The molecule has 2 N–H and O–H groups in total. The molecular weight excluding hydrogens is 348 g/mol. The Bertz CT molecular complexity index is 735. The number of nitrogens with two attached hydrogens (primary N) is 1. The van der Waals surface area contributed by atoms with Crippen LogP contribution in [0, 0.1) is 0 Å². The van der Waals surface area contributed by atoms with E-state index in [-0.39, 0.29) is 18.2 Å². The number of amides is 1. The van der Waals surface area contributed by atoms with E-state index in [1.54, 1.807) is 0 Å². The second-order valence-electron chi connectivity index (χ2n) is 9.58. The number of nitrogen functional groups attached to an aromatic ring is 1. The van der Waals surface area contributed by atoms with E-state index in [2.05, 4.69) is 38.1 Å². The molecule has 28 heavy (non-hydrogen) atoms. The maximum atomic E-state index is 12.7. The first kappa shape index (κ1) is 20.8. The highest BCUT2D eigenvalue weighted by atomic mass is 16.6. The number of likely N-dealkylation sites (tertiary alicyclic amines) is 1. The van der Waals surface area contributed by atoms with E-state index < -0.39 is 5.60 Å². The van der Waals surface area contributed by atoms with Gasteiger partial charge in [0.15, 0.2) is 0 Å². The van der Waals surface area contributed by atoms with Crippen LogP contribution in [0.15, 0.2) is 24.3 Å². The van der Waals surface area contributed by atoms with Gasteiger partial charge in [0.05, 0.1) is 0 Å². The Morgan fingerprint density at radius 2 is 1.82 bits per heavy atom. The van der Waals surface area contributed by atoms with Crippen LogP contribution in [0.4, 0.5) is 10.5 Å². The van der Waals surface area contributed by atoms with Gasteiger partial charge in [-0.25, -0.2) is 4.79 Å². The third-order valence-electron chi connectivity index (χ3n) is 5.99. The lowest BCUT2D eigenvalue weighted by molar-refractivity contribution is -0.00254. The standard InChI is InChI=1S/C24H36N2O2/c1-16-13-20(14-17(2)26(16)23(27)28-24(3,4)5)19-11-12-22(25)21(15-19)18-9-7-6-8-10-18/h9,11-12,15-17,20H,6-8,10,13-14,25H2,1-5H3/t16-,17+,20?. The summed E-state index contributed by atoms with van der Waals surface area (Å²) in [5, 5.41) is 0. The van der Waals surface area contributed by atoms with Crippen molar-refractivity contribution in [2.75, 3.05) is 5.73 Å². The molecule has 3 rings (SSSR count). The zero-order valence-corrected chi connectivity index (χ0v) is 18.1. The molecule has 0 radical (unpaired) electrons. The van der Waals surface area contributed by atoms with Crippen molar-refractivity contribution in [3.63, 3.8) is 0 Å². The number of allylic oxidation sites excluding steroid dienone is 2. The molecule has 1 aliphatic carbocycles. The van der Waals surface area contributed by atoms with Crippen molar-refractivity contribution in [1.82, 2.24) is 4.90 Å². The molecule has 4 heteroatoms. The molecule has 1 unspecified atom stereocenters. The number of ether oxygens (including phenoxy) is 1. The number of rotatable bonds is 2. The van der Waals surface area contributed by atoms with Crippen molar-refractivity contribution in [1.29, 1.82) is 0 Å². The van der Waals surface area contributed by atoms with E-state index in [0.717, 1.165) is 31.4 Å². The van der Waals surface area contributed by atoms with Crippen LogP contribution in [-0.4, -0.2) is 28.7 Å². The van der Waals surface area contributed by atoms with Crippen molar-refractivity contribution in [3.8, 4) is 0 Å². The topological polar surface area (TPSA) is 55.6 Å². The summed E-state index contributed by atoms with van der Waals surface area (Å²) in [5.74, 6) is 0.437. The number of hydrogen-bond acceptors (Lipinski definition) is 3. The Labute approximate surface area is 170 Å². The second-order valence-corrected chi connectivity index (χ2v) is 9.58. The van der Waals surface area contributed by atoms with Gasteiger partial charge in [-0.3, -0.25) is 0 Å². The number of hydrogen-bond donors (Lipinski definition) is 1. The Balaban J connectivity index is 1.77. The molecule has 1 heterocycles. The van der Waals surface area contributed by atoms with Gasteiger partial charge < -0.3 is 15.4 Å². The Morgan fingerprint density at radius 3 is 2.39 bits per heavy atom. The minimum atomic E-state index is -0.465. The number of piperidine rings is 1. The predicted molar refractivity (Wildman–Crippen MR) is 116 cm³/mol. The number of anilines is 1. The second kappa shape index (κ2) is 8.18. The molecule has 0 spiro atoms. The van der Waals surface area contributed by atoms with Gasteiger partial charge in [-0.1, -0.05) is 12.1 Å². The minimum Gasteiger partial charge on any atom is -0.444 e. The first-order valence-corrected chi connectivity index (χ1v) is 10.8. The molecule has 1 aromatic carbocycles. The molecule has 3 atom stereocenters. The highest BCUT2D eigenvalue weighted by Crippen LogP contribution is 2.39. The third-order valence-corrected chi connectivity index (χ3v) is 5.99. The van der Waals surface area contributed by atoms with Crippen molar-refractivity contribution in [2.24, 2.45) is 0 Å². The van der Waals surface area contributed by atoms with Crippen LogP contribution in [0.5, 0.6) is 0 Å². The van der Waals surface area contributed by atoms with Gasteiger partial charge in [0.25, 0.3) is 0 Å². The van der Waals surface area contributed by atoms with Gasteiger partial charge in [-0.2, -0.15) is 0 Å². The van der Waals surface area contributed by atoms with Crippen LogP contribution >= 0.6 is 0 Å². The minimum absolute atomic E-state index is 0.151. The average molecular weight is 385 g/mol. The van der Waals surface area contributed by atoms with Crippen molar-refractivity contribution in [2.45, 2.75) is 96.7 Å². The van der Waals surface area contributed by atoms with Gasteiger partial charge in [-0.05, 0) is 102 Å². The summed E-state index contributed by atoms with van der Waals surface area (Å²) in [5.41, 5.74) is 10.7. The van der Waals surface area contributed by atoms with Gasteiger partial charge in [-0.15, -0.1) is 0 Å². The summed E-state index contributed by atoms with van der Waals surface area (Å²) < 4.78 is 5.64. The highest BCUT2D eigenvalue weighted by Gasteiger charge is 2.37. The van der Waals surface area contributed by atoms with Crippen LogP contribution < -0.4 is 5.73 Å². The number of nitrogens with zero attached hydrogens (tertiary/aromatic N) is 1. The van der Waals surface area contributed by atoms with E-state index in [9.17, 15) is 4.79 Å². The summed E-state index contributed by atoms with van der Waals surface area (Å²) in [6.45, 7) is 10.0. The Morgan fingerprint density at radius 1 is 1.14 bits per heavy atom. The van der Waals surface area contributed by atoms with Gasteiger partial charge >= 0.3 is 6.09 Å². The quantitative estimate of drug-likeness (QED) is 0.625. The summed E-state index contributed by atoms with van der Waals surface area (Å²) in [4.78, 5) is 14.6. The molecule has 4 nitrogen and oxygen atoms in total. The van der Waals surface area contributed by atoms with Crippen LogP contribution in [0.1, 0.15) is 90.2 Å². The largest absolute Gasteiger partial charge is 0.444 e. The Hall–Kier alpha value is -1.97. The van der Waals surface area contributed by atoms with Crippen LogP contribution in [0.2, 0.25) is 0 Å². The molecule has 1 aromatic rings. The monoisotopic (exact) mass is 384 g/mol. The molecule has 1 fully saturated rings. The first-order valence-electron chi connectivity index (χ1n) is 10.8. The van der Waals surface area contributed by atoms with E-state index in [0.29, 0.717) is 5.92 Å². The van der Waals surface area contributed by atoms with E-state index in [1.165, 1.54) is 29.5 Å². The normalized spacial score (nSPS) is 26.0. The summed E-state index contributed by atoms with van der Waals surface area (Å²) in [7, 11) is 0. The molecule has 1 aliphatic heterocycles. The fourth-order valence-corrected chi connectivity index (χ4v) is 4.72. The van der Waals surface area contributed by atoms with Gasteiger partial charge in [0.2, 0.25) is 0 Å². The first-order chi connectivity index (χ1) is 13.2. The van der Waals surface area contributed by atoms with E-state index >= 15 is 0 Å². The lowest BCUT2D eigenvalue weighted by Gasteiger charge is -2.43. The lowest BCUT2D eigenvalue weighted by atomic mass is 9.81. The number of carbonyl (C=O) groups is 1. The molecule has 0 aromatic heterocycles. The summed E-state index contributed by atoms with van der Waals surface area (Å²) in [6, 6.07) is 6.85. The van der Waals surface area contributed by atoms with Gasteiger partial charge in [0.1, 0.15) is 5.60 Å². The summed E-state index contributed by atoms with van der Waals surface area (Å²) in [6.07, 6.45) is 8.86. The number of benzene rings is 1. The van der Waals surface area contributed by atoms with Crippen molar-refractivity contribution in [3.05, 3.63) is 35.4 Å². The average Bonchev–Trinajstić information content (AvgIpc) is 2.60. The third kappa shape index (κ3) is 4.71. The van der Waals surface area contributed by atoms with Crippen LogP contribution in [0.3, 0.4) is 0 Å². The highest BCUT2D eigenvalue weighted by molar-refractivity contribution is 5.76. The Kier molecular flexibility index (Phi) is 6.07. The zero-order valence-electron chi connectivity index (χ0n) is 18.1. The number of carbonyl (C=O) groups excluding carboxylic acids is 1. The lowest BCUT2D eigenvalue weighted by Crippen LogP contribution is -2.51. The van der Waals surface area contributed by atoms with E-state index in [4.69, 9.17) is 10.5 Å². The SMILES string of the molecule is C[C@@H]1CC(c2ccc(N)c(C3=CCCCC3)c2)C[C@H](C)N1C(=O)OC(C)(C)C. The summed E-state index contributed by atoms with van der Waals surface area (Å²) >= 11 is 0. The maximum Gasteiger partial charge on any atom is 0.410 e. The van der Waals surface area contributed by atoms with Crippen molar-refractivity contribution >= 4 is 17.4 Å². The fourth-order valence-electron chi connectivity index (χ4n) is 4.72. The fraction of sp³-hybridized carbons (Fsp3) is 0.625. The predicted octanol–water partition coefficient (Wildman–Crippen LogP) is 6.12. The molecule has 1 amide bonds. The molecule has 154 valence electrons. The zero-order chi connectivity index (χ0) is 20.5. The van der Waals surface area contributed by atoms with Crippen LogP contribution in [-0.2, 0) is 4.74 Å². The van der Waals surface area contributed by atoms with Crippen LogP contribution in [0.25, 0.3) is 5.57 Å². The van der Waals surface area contributed by atoms with Crippen molar-refractivity contribution < 1.29 is 9.53 Å². The molecular formula is C24H36N2O2. The maximum absolute atomic E-state index is 12.7. The molecule has 2 aliphatic rings. The molecule has 0 saturated carbocycles. The molecule has 1 saturated heterocycles. The van der Waals surface area contributed by atoms with Gasteiger partial charge in [0, 0.05) is 23.3 Å². The van der Waals surface area contributed by atoms with E-state index in [1.807, 2.05) is 25.7 Å².